The van der Waals surface area contributed by atoms with Crippen LogP contribution in [0, 0.1) is 5.92 Å². The summed E-state index contributed by atoms with van der Waals surface area (Å²) < 4.78 is 11.1. The summed E-state index contributed by atoms with van der Waals surface area (Å²) in [6.07, 6.45) is 0.494. The molecule has 4 heteroatoms. The molecule has 0 aromatic heterocycles. The second-order valence-electron chi connectivity index (χ2n) is 5.05. The van der Waals surface area contributed by atoms with Gasteiger partial charge in [0.2, 0.25) is 5.91 Å². The Morgan fingerprint density at radius 1 is 1.26 bits per heavy atom. The lowest BCUT2D eigenvalue weighted by molar-refractivity contribution is -0.121. The monoisotopic (exact) mass is 263 g/mol. The van der Waals surface area contributed by atoms with Crippen LogP contribution < -0.4 is 14.8 Å². The summed E-state index contributed by atoms with van der Waals surface area (Å²) in [5, 5.41) is 3.05. The largest absolute Gasteiger partial charge is 0.486 e. The lowest BCUT2D eigenvalue weighted by atomic mass is 9.95. The molecule has 104 valence electrons. The fourth-order valence-corrected chi connectivity index (χ4v) is 2.16. The van der Waals surface area contributed by atoms with Crippen molar-refractivity contribution >= 4 is 5.91 Å². The van der Waals surface area contributed by atoms with Crippen molar-refractivity contribution in [2.75, 3.05) is 13.2 Å². The standard InChI is InChI=1S/C15H21NO3/c1-4-14(17)16-15(10(2)3)11-5-6-12-13(9-11)19-8-7-18-12/h5-6,9-10,15H,4,7-8H2,1-3H3,(H,16,17). The molecule has 1 aliphatic heterocycles. The molecule has 19 heavy (non-hydrogen) atoms. The molecular weight excluding hydrogens is 242 g/mol. The number of hydrogen-bond acceptors (Lipinski definition) is 3. The average molecular weight is 263 g/mol. The average Bonchev–Trinajstić information content (AvgIpc) is 2.43. The Morgan fingerprint density at radius 2 is 1.95 bits per heavy atom. The first-order valence-electron chi connectivity index (χ1n) is 6.80. The number of benzene rings is 1. The Hall–Kier alpha value is -1.71. The van der Waals surface area contributed by atoms with Gasteiger partial charge in [-0.05, 0) is 23.6 Å². The lowest BCUT2D eigenvalue weighted by Gasteiger charge is -2.25. The quantitative estimate of drug-likeness (QED) is 0.908. The van der Waals surface area contributed by atoms with Crippen LogP contribution in [0.2, 0.25) is 0 Å². The number of ether oxygens (including phenoxy) is 2. The van der Waals surface area contributed by atoms with E-state index in [1.54, 1.807) is 0 Å². The Morgan fingerprint density at radius 3 is 2.58 bits per heavy atom. The van der Waals surface area contributed by atoms with Crippen molar-refractivity contribution in [1.82, 2.24) is 5.32 Å². The van der Waals surface area contributed by atoms with Gasteiger partial charge in [-0.1, -0.05) is 26.8 Å². The third kappa shape index (κ3) is 3.19. The summed E-state index contributed by atoms with van der Waals surface area (Å²) in [6.45, 7) is 7.21. The molecule has 4 nitrogen and oxygen atoms in total. The minimum Gasteiger partial charge on any atom is -0.486 e. The summed E-state index contributed by atoms with van der Waals surface area (Å²) >= 11 is 0. The number of carbonyl (C=O) groups excluding carboxylic acids is 1. The van der Waals surface area contributed by atoms with Crippen molar-refractivity contribution in [2.24, 2.45) is 5.92 Å². The molecule has 0 aliphatic carbocycles. The van der Waals surface area contributed by atoms with Crippen LogP contribution in [-0.4, -0.2) is 19.1 Å². The van der Waals surface area contributed by atoms with E-state index >= 15 is 0 Å². The van der Waals surface area contributed by atoms with Crippen LogP contribution in [0.1, 0.15) is 38.8 Å². The summed E-state index contributed by atoms with van der Waals surface area (Å²) in [7, 11) is 0. The minimum atomic E-state index is 0.00303. The summed E-state index contributed by atoms with van der Waals surface area (Å²) in [4.78, 5) is 11.6. The van der Waals surface area contributed by atoms with Gasteiger partial charge < -0.3 is 14.8 Å². The molecule has 2 rings (SSSR count). The Labute approximate surface area is 114 Å². The van der Waals surface area contributed by atoms with E-state index in [1.165, 1.54) is 0 Å². The van der Waals surface area contributed by atoms with Crippen molar-refractivity contribution in [1.29, 1.82) is 0 Å². The van der Waals surface area contributed by atoms with Crippen LogP contribution in [0.3, 0.4) is 0 Å². The maximum absolute atomic E-state index is 11.6. The third-order valence-corrected chi connectivity index (χ3v) is 3.23. The lowest BCUT2D eigenvalue weighted by Crippen LogP contribution is -2.31. The molecule has 0 saturated heterocycles. The van der Waals surface area contributed by atoms with Crippen molar-refractivity contribution in [2.45, 2.75) is 33.2 Å². The molecular formula is C15H21NO3. The van der Waals surface area contributed by atoms with Gasteiger partial charge in [0.05, 0.1) is 6.04 Å². The van der Waals surface area contributed by atoms with Gasteiger partial charge in [-0.3, -0.25) is 4.79 Å². The molecule has 1 unspecified atom stereocenters. The van der Waals surface area contributed by atoms with E-state index in [4.69, 9.17) is 9.47 Å². The SMILES string of the molecule is CCC(=O)NC(c1ccc2c(c1)OCCO2)C(C)C. The minimum absolute atomic E-state index is 0.00303. The number of fused-ring (bicyclic) bond motifs is 1. The molecule has 1 atom stereocenters. The smallest absolute Gasteiger partial charge is 0.220 e. The molecule has 1 N–H and O–H groups in total. The van der Waals surface area contributed by atoms with Crippen molar-refractivity contribution in [3.05, 3.63) is 23.8 Å². The molecule has 1 amide bonds. The van der Waals surface area contributed by atoms with Gasteiger partial charge in [-0.25, -0.2) is 0 Å². The molecule has 1 heterocycles. The van der Waals surface area contributed by atoms with Crippen LogP contribution in [0.15, 0.2) is 18.2 Å². The fraction of sp³-hybridized carbons (Fsp3) is 0.533. The molecule has 1 aromatic carbocycles. The Kier molecular flexibility index (Phi) is 4.30. The highest BCUT2D eigenvalue weighted by atomic mass is 16.6. The number of amides is 1. The number of rotatable bonds is 4. The number of carbonyl (C=O) groups is 1. The second kappa shape index (κ2) is 5.95. The van der Waals surface area contributed by atoms with Crippen LogP contribution in [0.5, 0.6) is 11.5 Å². The maximum Gasteiger partial charge on any atom is 0.220 e. The van der Waals surface area contributed by atoms with Gasteiger partial charge >= 0.3 is 0 Å². The molecule has 0 fully saturated rings. The van der Waals surface area contributed by atoms with E-state index < -0.39 is 0 Å². The van der Waals surface area contributed by atoms with Gasteiger partial charge in [-0.15, -0.1) is 0 Å². The Bertz CT molecular complexity index is 457. The van der Waals surface area contributed by atoms with E-state index in [0.717, 1.165) is 17.1 Å². The zero-order chi connectivity index (χ0) is 13.8. The first-order valence-corrected chi connectivity index (χ1v) is 6.80. The third-order valence-electron chi connectivity index (χ3n) is 3.23. The van der Waals surface area contributed by atoms with Gasteiger partial charge in [0.25, 0.3) is 0 Å². The van der Waals surface area contributed by atoms with E-state index in [-0.39, 0.29) is 11.9 Å². The highest BCUT2D eigenvalue weighted by molar-refractivity contribution is 5.76. The summed E-state index contributed by atoms with van der Waals surface area (Å²) in [6, 6.07) is 5.88. The van der Waals surface area contributed by atoms with Crippen LogP contribution in [-0.2, 0) is 4.79 Å². The first kappa shape index (κ1) is 13.7. The number of hydrogen-bond donors (Lipinski definition) is 1. The number of nitrogens with one attached hydrogen (secondary N) is 1. The van der Waals surface area contributed by atoms with E-state index in [1.807, 2.05) is 25.1 Å². The van der Waals surface area contributed by atoms with Gasteiger partial charge in [0.1, 0.15) is 13.2 Å². The molecule has 0 spiro atoms. The van der Waals surface area contributed by atoms with E-state index in [2.05, 4.69) is 19.2 Å². The van der Waals surface area contributed by atoms with Gasteiger partial charge in [0.15, 0.2) is 11.5 Å². The fourth-order valence-electron chi connectivity index (χ4n) is 2.16. The van der Waals surface area contributed by atoms with Crippen molar-refractivity contribution < 1.29 is 14.3 Å². The topological polar surface area (TPSA) is 47.6 Å². The zero-order valence-electron chi connectivity index (χ0n) is 11.7. The maximum atomic E-state index is 11.6. The predicted molar refractivity (Wildman–Crippen MR) is 73.4 cm³/mol. The molecule has 1 aromatic rings. The predicted octanol–water partition coefficient (Wildman–Crippen LogP) is 2.68. The summed E-state index contributed by atoms with van der Waals surface area (Å²) in [5.41, 5.74) is 1.06. The molecule has 0 bridgehead atoms. The van der Waals surface area contributed by atoms with Gasteiger partial charge in [0, 0.05) is 6.42 Å². The van der Waals surface area contributed by atoms with E-state index in [0.29, 0.717) is 25.6 Å². The normalized spacial score (nSPS) is 15.2. The first-order chi connectivity index (χ1) is 9.11. The molecule has 0 radical (unpaired) electrons. The van der Waals surface area contributed by atoms with Gasteiger partial charge in [-0.2, -0.15) is 0 Å². The highest BCUT2D eigenvalue weighted by Gasteiger charge is 2.20. The second-order valence-corrected chi connectivity index (χ2v) is 5.05. The van der Waals surface area contributed by atoms with Crippen LogP contribution in [0.25, 0.3) is 0 Å². The Balaban J connectivity index is 2.24. The van der Waals surface area contributed by atoms with Crippen LogP contribution in [0.4, 0.5) is 0 Å². The van der Waals surface area contributed by atoms with E-state index in [9.17, 15) is 4.79 Å². The molecule has 1 aliphatic rings. The summed E-state index contributed by atoms with van der Waals surface area (Å²) in [5.74, 6) is 1.92. The van der Waals surface area contributed by atoms with Crippen molar-refractivity contribution in [3.8, 4) is 11.5 Å². The van der Waals surface area contributed by atoms with Crippen LogP contribution >= 0.6 is 0 Å². The van der Waals surface area contributed by atoms with Crippen molar-refractivity contribution in [3.63, 3.8) is 0 Å². The zero-order valence-corrected chi connectivity index (χ0v) is 11.7. The molecule has 0 saturated carbocycles. The highest BCUT2D eigenvalue weighted by Crippen LogP contribution is 2.34.